The number of hydrogen-bond acceptors (Lipinski definition) is 3. The Labute approximate surface area is 180 Å². The molecule has 0 bridgehead atoms. The molecule has 1 atom stereocenters. The van der Waals surface area contributed by atoms with Gasteiger partial charge in [0.25, 0.3) is 5.56 Å². The number of fused-ring (bicyclic) bond motifs is 2. The molecule has 0 spiro atoms. The summed E-state index contributed by atoms with van der Waals surface area (Å²) in [4.78, 5) is 33.2. The van der Waals surface area contributed by atoms with Crippen LogP contribution in [0, 0.1) is 0 Å². The van der Waals surface area contributed by atoms with E-state index >= 15 is 0 Å². The molecule has 1 aliphatic rings. The predicted molar refractivity (Wildman–Crippen MR) is 122 cm³/mol. The number of para-hydroxylation sites is 2. The van der Waals surface area contributed by atoms with Gasteiger partial charge in [0, 0.05) is 18.7 Å². The van der Waals surface area contributed by atoms with Crippen molar-refractivity contribution in [1.82, 2.24) is 9.55 Å². The number of hydrogen-bond donors (Lipinski definition) is 0. The average Bonchev–Trinajstić information content (AvgIpc) is 3.06. The standard InChI is InChI=1S/C26H23N3O2/c1-2-28-24(27-22-14-8-6-13-20(22)25(28)30)16-21-19-12-7-9-15-23(19)29(26(21)31)17-18-10-4-3-5-11-18/h3-15,21H,2,16-17H2,1H3/t21-/m1/s1. The van der Waals surface area contributed by atoms with Crippen molar-refractivity contribution >= 4 is 22.5 Å². The molecule has 0 saturated carbocycles. The molecule has 0 N–H and O–H groups in total. The summed E-state index contributed by atoms with van der Waals surface area (Å²) < 4.78 is 1.69. The van der Waals surface area contributed by atoms with Gasteiger partial charge in [-0.1, -0.05) is 60.7 Å². The summed E-state index contributed by atoms with van der Waals surface area (Å²) in [7, 11) is 0. The minimum absolute atomic E-state index is 0.0510. The van der Waals surface area contributed by atoms with Gasteiger partial charge in [-0.15, -0.1) is 0 Å². The van der Waals surface area contributed by atoms with Gasteiger partial charge in [-0.2, -0.15) is 0 Å². The van der Waals surface area contributed by atoms with Crippen LogP contribution in [0.5, 0.6) is 0 Å². The lowest BCUT2D eigenvalue weighted by molar-refractivity contribution is -0.119. The Kier molecular flexibility index (Phi) is 4.86. The van der Waals surface area contributed by atoms with Crippen molar-refractivity contribution in [2.24, 2.45) is 0 Å². The molecule has 0 unspecified atom stereocenters. The maximum absolute atomic E-state index is 13.5. The summed E-state index contributed by atoms with van der Waals surface area (Å²) in [5.41, 5.74) is 3.64. The summed E-state index contributed by atoms with van der Waals surface area (Å²) in [5, 5.41) is 0.608. The van der Waals surface area contributed by atoms with Crippen LogP contribution in [0.1, 0.15) is 29.8 Å². The van der Waals surface area contributed by atoms with Gasteiger partial charge in [0.15, 0.2) is 0 Å². The van der Waals surface area contributed by atoms with Crippen LogP contribution >= 0.6 is 0 Å². The highest BCUT2D eigenvalue weighted by Crippen LogP contribution is 2.39. The lowest BCUT2D eigenvalue weighted by Gasteiger charge is -2.19. The molecular weight excluding hydrogens is 386 g/mol. The largest absolute Gasteiger partial charge is 0.307 e. The molecule has 0 aliphatic carbocycles. The molecule has 5 heteroatoms. The smallest absolute Gasteiger partial charge is 0.261 e. The summed E-state index contributed by atoms with van der Waals surface area (Å²) >= 11 is 0. The molecule has 1 aromatic heterocycles. The first-order valence-electron chi connectivity index (χ1n) is 10.6. The monoisotopic (exact) mass is 409 g/mol. The van der Waals surface area contributed by atoms with E-state index in [2.05, 4.69) is 0 Å². The SMILES string of the molecule is CCn1c(C[C@H]2C(=O)N(Cc3ccccc3)c3ccccc32)nc2ccccc2c1=O. The molecule has 31 heavy (non-hydrogen) atoms. The van der Waals surface area contributed by atoms with Crippen molar-refractivity contribution in [3.05, 3.63) is 106 Å². The molecule has 1 aliphatic heterocycles. The lowest BCUT2D eigenvalue weighted by Crippen LogP contribution is -2.31. The highest BCUT2D eigenvalue weighted by molar-refractivity contribution is 6.05. The summed E-state index contributed by atoms with van der Waals surface area (Å²) in [6, 6.07) is 25.3. The summed E-state index contributed by atoms with van der Waals surface area (Å²) in [6.07, 6.45) is 0.398. The number of nitrogens with zero attached hydrogens (tertiary/aromatic N) is 3. The second kappa shape index (κ2) is 7.84. The Balaban J connectivity index is 1.55. The molecule has 4 aromatic rings. The van der Waals surface area contributed by atoms with E-state index in [-0.39, 0.29) is 17.4 Å². The van der Waals surface area contributed by atoms with Crippen LogP contribution in [-0.2, 0) is 24.3 Å². The Morgan fingerprint density at radius 3 is 2.39 bits per heavy atom. The molecule has 5 nitrogen and oxygen atoms in total. The molecule has 5 rings (SSSR count). The van der Waals surface area contributed by atoms with Gasteiger partial charge in [0.1, 0.15) is 5.82 Å². The third-order valence-corrected chi connectivity index (χ3v) is 5.99. The first-order chi connectivity index (χ1) is 15.2. The Bertz CT molecular complexity index is 1330. The number of carbonyl (C=O) groups excluding carboxylic acids is 1. The number of benzene rings is 3. The highest BCUT2D eigenvalue weighted by atomic mass is 16.2. The minimum Gasteiger partial charge on any atom is -0.307 e. The molecule has 3 aromatic carbocycles. The van der Waals surface area contributed by atoms with E-state index in [0.29, 0.717) is 36.2 Å². The number of amides is 1. The zero-order valence-corrected chi connectivity index (χ0v) is 17.4. The van der Waals surface area contributed by atoms with Crippen LogP contribution < -0.4 is 10.5 Å². The molecular formula is C26H23N3O2. The summed E-state index contributed by atoms with van der Waals surface area (Å²) in [6.45, 7) is 2.98. The lowest BCUT2D eigenvalue weighted by atomic mass is 9.96. The fourth-order valence-electron chi connectivity index (χ4n) is 4.47. The normalized spacial score (nSPS) is 15.5. The van der Waals surface area contributed by atoms with E-state index in [1.54, 1.807) is 10.6 Å². The van der Waals surface area contributed by atoms with Crippen molar-refractivity contribution in [2.45, 2.75) is 32.4 Å². The van der Waals surface area contributed by atoms with E-state index in [0.717, 1.165) is 16.8 Å². The van der Waals surface area contributed by atoms with Crippen molar-refractivity contribution in [2.75, 3.05) is 4.90 Å². The van der Waals surface area contributed by atoms with E-state index < -0.39 is 0 Å². The Hall–Kier alpha value is -3.73. The van der Waals surface area contributed by atoms with Crippen LogP contribution in [-0.4, -0.2) is 15.5 Å². The molecule has 0 fully saturated rings. The van der Waals surface area contributed by atoms with Crippen LogP contribution in [0.15, 0.2) is 83.7 Å². The number of aromatic nitrogens is 2. The van der Waals surface area contributed by atoms with E-state index in [9.17, 15) is 9.59 Å². The number of carbonyl (C=O) groups is 1. The average molecular weight is 409 g/mol. The van der Waals surface area contributed by atoms with Gasteiger partial charge >= 0.3 is 0 Å². The quantitative estimate of drug-likeness (QED) is 0.494. The van der Waals surface area contributed by atoms with E-state index in [1.807, 2.05) is 84.6 Å². The molecule has 0 radical (unpaired) electrons. The highest BCUT2D eigenvalue weighted by Gasteiger charge is 2.37. The fourth-order valence-corrected chi connectivity index (χ4v) is 4.47. The van der Waals surface area contributed by atoms with Crippen molar-refractivity contribution < 1.29 is 4.79 Å². The third-order valence-electron chi connectivity index (χ3n) is 5.99. The van der Waals surface area contributed by atoms with Crippen molar-refractivity contribution in [3.63, 3.8) is 0 Å². The maximum Gasteiger partial charge on any atom is 0.261 e. The van der Waals surface area contributed by atoms with Gasteiger partial charge in [-0.25, -0.2) is 4.98 Å². The molecule has 1 amide bonds. The predicted octanol–water partition coefficient (Wildman–Crippen LogP) is 4.29. The van der Waals surface area contributed by atoms with Crippen LogP contribution in [0.25, 0.3) is 10.9 Å². The second-order valence-electron chi connectivity index (χ2n) is 7.82. The van der Waals surface area contributed by atoms with Gasteiger partial charge < -0.3 is 4.90 Å². The molecule has 2 heterocycles. The minimum atomic E-state index is -0.356. The van der Waals surface area contributed by atoms with Crippen molar-refractivity contribution in [3.8, 4) is 0 Å². The first kappa shape index (κ1) is 19.2. The van der Waals surface area contributed by atoms with Gasteiger partial charge in [-0.3, -0.25) is 14.2 Å². The molecule has 0 saturated heterocycles. The van der Waals surface area contributed by atoms with Crippen LogP contribution in [0.4, 0.5) is 5.69 Å². The molecule has 154 valence electrons. The van der Waals surface area contributed by atoms with E-state index in [4.69, 9.17) is 4.98 Å². The number of rotatable bonds is 5. The summed E-state index contributed by atoms with van der Waals surface area (Å²) in [5.74, 6) is 0.349. The Morgan fingerprint density at radius 2 is 1.58 bits per heavy atom. The van der Waals surface area contributed by atoms with Crippen LogP contribution in [0.3, 0.4) is 0 Å². The zero-order chi connectivity index (χ0) is 21.4. The first-order valence-corrected chi connectivity index (χ1v) is 10.6. The number of anilines is 1. The Morgan fingerprint density at radius 1 is 0.871 bits per heavy atom. The third kappa shape index (κ3) is 3.32. The van der Waals surface area contributed by atoms with E-state index in [1.165, 1.54) is 0 Å². The van der Waals surface area contributed by atoms with Crippen molar-refractivity contribution in [1.29, 1.82) is 0 Å². The van der Waals surface area contributed by atoms with Gasteiger partial charge in [0.05, 0.1) is 23.4 Å². The fraction of sp³-hybridized carbons (Fsp3) is 0.192. The maximum atomic E-state index is 13.5. The zero-order valence-electron chi connectivity index (χ0n) is 17.4. The van der Waals surface area contributed by atoms with Gasteiger partial charge in [-0.05, 0) is 36.2 Å². The second-order valence-corrected chi connectivity index (χ2v) is 7.82. The topological polar surface area (TPSA) is 55.2 Å². The van der Waals surface area contributed by atoms with Crippen LogP contribution in [0.2, 0.25) is 0 Å². The van der Waals surface area contributed by atoms with Gasteiger partial charge in [0.2, 0.25) is 5.91 Å².